The molecule has 6 rings (SSSR count). The Morgan fingerprint density at radius 2 is 1.88 bits per heavy atom. The Kier molecular flexibility index (Phi) is 8.28. The summed E-state index contributed by atoms with van der Waals surface area (Å²) in [6, 6.07) is 11.2. The highest BCUT2D eigenvalue weighted by atomic mass is 16.6. The summed E-state index contributed by atoms with van der Waals surface area (Å²) in [5.41, 5.74) is 9.96. The van der Waals surface area contributed by atoms with Crippen LogP contribution in [0.25, 0.3) is 33.6 Å². The average Bonchev–Trinajstić information content (AvgIpc) is 3.63. The Balaban J connectivity index is 0.00000173. The predicted octanol–water partition coefficient (Wildman–Crippen LogP) is 5.09. The number of imidazole rings is 1. The van der Waals surface area contributed by atoms with E-state index in [1.54, 1.807) is 4.90 Å². The van der Waals surface area contributed by atoms with Gasteiger partial charge >= 0.3 is 6.09 Å². The summed E-state index contributed by atoms with van der Waals surface area (Å²) in [4.78, 5) is 37.3. The van der Waals surface area contributed by atoms with Crippen molar-refractivity contribution >= 4 is 34.1 Å². The molecular formula is C32H43N7O3. The van der Waals surface area contributed by atoms with E-state index in [-0.39, 0.29) is 18.0 Å². The molecular weight excluding hydrogens is 530 g/mol. The maximum atomic E-state index is 13.6. The van der Waals surface area contributed by atoms with Gasteiger partial charge < -0.3 is 29.8 Å². The minimum atomic E-state index is -0.613. The van der Waals surface area contributed by atoms with Gasteiger partial charge in [0.2, 0.25) is 0 Å². The zero-order valence-corrected chi connectivity index (χ0v) is 25.6. The van der Waals surface area contributed by atoms with E-state index in [1.165, 1.54) is 12.8 Å². The number of benzene rings is 1. The Hall–Kier alpha value is -3.92. The molecule has 10 heteroatoms. The number of likely N-dealkylation sites (tertiary alicyclic amines) is 1. The highest BCUT2D eigenvalue weighted by molar-refractivity contribution is 5.98. The fourth-order valence-corrected chi connectivity index (χ4v) is 5.53. The van der Waals surface area contributed by atoms with Gasteiger partial charge in [-0.2, -0.15) is 0 Å². The lowest BCUT2D eigenvalue weighted by molar-refractivity contribution is 0.0437. The molecule has 4 aromatic rings. The van der Waals surface area contributed by atoms with E-state index in [1.807, 2.05) is 72.1 Å². The van der Waals surface area contributed by atoms with Crippen LogP contribution in [0.4, 0.5) is 4.79 Å². The summed E-state index contributed by atoms with van der Waals surface area (Å²) in [5, 5.41) is 3.95. The van der Waals surface area contributed by atoms with Crippen LogP contribution in [-0.4, -0.2) is 66.8 Å². The predicted molar refractivity (Wildman–Crippen MR) is 165 cm³/mol. The van der Waals surface area contributed by atoms with E-state index >= 15 is 0 Å². The third-order valence-electron chi connectivity index (χ3n) is 7.81. The number of nitrogens with zero attached hydrogens (tertiary/aromatic N) is 5. The molecule has 3 N–H and O–H groups in total. The number of hydrogen-bond donors (Lipinski definition) is 2. The smallest absolute Gasteiger partial charge is 0.407 e. The molecule has 0 spiro atoms. The second-order valence-electron chi connectivity index (χ2n) is 12.2. The van der Waals surface area contributed by atoms with E-state index in [2.05, 4.69) is 31.6 Å². The standard InChI is InChI=1S/C30H37N7O3.C2H6/c1-30(2,3)40-29(39)34-23-17-36(13-11-21(23)31)28(38)20-9-10-24-22(14-20)33-27(35(24)4)25-15-19-6-5-12-32-26(19)37(25)16-18-7-8-18;1-2/h5-6,9-10,12,14-15,18,21,23H,7-8,11,13,16-17,31H2,1-4H3,(H,34,39);1-2H3. The van der Waals surface area contributed by atoms with Crippen molar-refractivity contribution in [3.05, 3.63) is 48.2 Å². The van der Waals surface area contributed by atoms with Crippen molar-refractivity contribution in [3.63, 3.8) is 0 Å². The van der Waals surface area contributed by atoms with Crippen LogP contribution in [0.15, 0.2) is 42.6 Å². The first-order chi connectivity index (χ1) is 20.1. The van der Waals surface area contributed by atoms with E-state index in [0.29, 0.717) is 31.0 Å². The van der Waals surface area contributed by atoms with E-state index < -0.39 is 11.7 Å². The van der Waals surface area contributed by atoms with Crippen LogP contribution >= 0.6 is 0 Å². The molecule has 0 radical (unpaired) electrons. The number of piperidine rings is 1. The first-order valence-electron chi connectivity index (χ1n) is 15.0. The van der Waals surface area contributed by atoms with Crippen LogP contribution in [0.2, 0.25) is 0 Å². The topological polar surface area (TPSA) is 120 Å². The molecule has 224 valence electrons. The van der Waals surface area contributed by atoms with E-state index in [4.69, 9.17) is 15.5 Å². The van der Waals surface area contributed by atoms with Crippen LogP contribution in [0.1, 0.15) is 64.2 Å². The molecule has 4 heterocycles. The van der Waals surface area contributed by atoms with Crippen molar-refractivity contribution in [1.82, 2.24) is 29.3 Å². The minimum absolute atomic E-state index is 0.107. The molecule has 2 aliphatic rings. The number of amides is 2. The summed E-state index contributed by atoms with van der Waals surface area (Å²) < 4.78 is 9.77. The fourth-order valence-electron chi connectivity index (χ4n) is 5.53. The van der Waals surface area contributed by atoms with Gasteiger partial charge in [-0.3, -0.25) is 4.79 Å². The van der Waals surface area contributed by atoms with Crippen LogP contribution in [-0.2, 0) is 18.3 Å². The summed E-state index contributed by atoms with van der Waals surface area (Å²) >= 11 is 0. The number of carbonyl (C=O) groups excluding carboxylic acids is 2. The number of rotatable bonds is 5. The molecule has 2 fully saturated rings. The number of carbonyl (C=O) groups is 2. The van der Waals surface area contributed by atoms with Gasteiger partial charge in [-0.15, -0.1) is 0 Å². The average molecular weight is 574 g/mol. The number of pyridine rings is 1. The summed E-state index contributed by atoms with van der Waals surface area (Å²) in [6.07, 6.45) is 4.38. The van der Waals surface area contributed by atoms with Crippen molar-refractivity contribution in [2.45, 2.75) is 78.1 Å². The number of hydrogen-bond acceptors (Lipinski definition) is 6. The normalized spacial score (nSPS) is 19.0. The van der Waals surface area contributed by atoms with Gasteiger partial charge in [0.25, 0.3) is 5.91 Å². The zero-order valence-electron chi connectivity index (χ0n) is 25.6. The second-order valence-corrected chi connectivity index (χ2v) is 12.2. The van der Waals surface area contributed by atoms with Gasteiger partial charge in [-0.25, -0.2) is 14.8 Å². The van der Waals surface area contributed by atoms with Crippen molar-refractivity contribution in [2.24, 2.45) is 18.7 Å². The van der Waals surface area contributed by atoms with Gasteiger partial charge in [-0.05, 0) is 82.3 Å². The quantitative estimate of drug-likeness (QED) is 0.343. The van der Waals surface area contributed by atoms with Crippen molar-refractivity contribution in [1.29, 1.82) is 0 Å². The lowest BCUT2D eigenvalue weighted by atomic mass is 9.99. The third kappa shape index (κ3) is 6.13. The number of aryl methyl sites for hydroxylation is 1. The maximum absolute atomic E-state index is 13.6. The molecule has 1 aliphatic carbocycles. The SMILES string of the molecule is CC.Cn1c(-c2cc3cccnc3n2CC2CC2)nc2cc(C(=O)N3CCC(N)C(NC(=O)OC(C)(C)C)C3)ccc21. The Morgan fingerprint density at radius 3 is 2.60 bits per heavy atom. The molecule has 10 nitrogen and oxygen atoms in total. The lowest BCUT2D eigenvalue weighted by Gasteiger charge is -2.37. The first-order valence-corrected chi connectivity index (χ1v) is 15.0. The first kappa shape index (κ1) is 29.6. The Labute approximate surface area is 247 Å². The molecule has 3 aromatic heterocycles. The molecule has 2 atom stereocenters. The van der Waals surface area contributed by atoms with Crippen LogP contribution in [0.3, 0.4) is 0 Å². The van der Waals surface area contributed by atoms with Crippen molar-refractivity contribution in [3.8, 4) is 11.5 Å². The molecule has 1 saturated heterocycles. The van der Waals surface area contributed by atoms with Gasteiger partial charge in [0, 0.05) is 49.9 Å². The highest BCUT2D eigenvalue weighted by Crippen LogP contribution is 2.36. The van der Waals surface area contributed by atoms with Crippen molar-refractivity contribution in [2.75, 3.05) is 13.1 Å². The van der Waals surface area contributed by atoms with Crippen molar-refractivity contribution < 1.29 is 14.3 Å². The number of alkyl carbamates (subject to hydrolysis) is 1. The second kappa shape index (κ2) is 11.8. The molecule has 2 amide bonds. The molecule has 2 unspecified atom stereocenters. The van der Waals surface area contributed by atoms with Crippen LogP contribution < -0.4 is 11.1 Å². The molecule has 1 aliphatic heterocycles. The molecule has 42 heavy (non-hydrogen) atoms. The van der Waals surface area contributed by atoms with Gasteiger partial charge in [0.1, 0.15) is 11.2 Å². The minimum Gasteiger partial charge on any atom is -0.444 e. The molecule has 0 bridgehead atoms. The van der Waals surface area contributed by atoms with Crippen LogP contribution in [0.5, 0.6) is 0 Å². The summed E-state index contributed by atoms with van der Waals surface area (Å²) in [5.74, 6) is 1.43. The van der Waals surface area contributed by atoms with Gasteiger partial charge in [-0.1, -0.05) is 13.8 Å². The lowest BCUT2D eigenvalue weighted by Crippen LogP contribution is -2.59. The van der Waals surface area contributed by atoms with Crippen LogP contribution in [0, 0.1) is 5.92 Å². The number of aromatic nitrogens is 4. The number of nitrogens with one attached hydrogen (secondary N) is 1. The number of nitrogens with two attached hydrogens (primary N) is 1. The monoisotopic (exact) mass is 573 g/mol. The Morgan fingerprint density at radius 1 is 1.12 bits per heavy atom. The van der Waals surface area contributed by atoms with E-state index in [0.717, 1.165) is 40.1 Å². The largest absolute Gasteiger partial charge is 0.444 e. The Bertz CT molecular complexity index is 1590. The van der Waals surface area contributed by atoms with Gasteiger partial charge in [0.15, 0.2) is 5.82 Å². The number of ether oxygens (including phenoxy) is 1. The fraction of sp³-hybridized carbons (Fsp3) is 0.500. The maximum Gasteiger partial charge on any atom is 0.407 e. The molecule has 1 aromatic carbocycles. The zero-order chi connectivity index (χ0) is 30.2. The van der Waals surface area contributed by atoms with E-state index in [9.17, 15) is 9.59 Å². The third-order valence-corrected chi connectivity index (χ3v) is 7.81. The highest BCUT2D eigenvalue weighted by Gasteiger charge is 2.32. The number of fused-ring (bicyclic) bond motifs is 2. The molecule has 1 saturated carbocycles. The summed E-state index contributed by atoms with van der Waals surface area (Å²) in [6.45, 7) is 11.2. The summed E-state index contributed by atoms with van der Waals surface area (Å²) in [7, 11) is 2.01. The van der Waals surface area contributed by atoms with Gasteiger partial charge in [0.05, 0.1) is 22.8 Å².